The zero-order valence-electron chi connectivity index (χ0n) is 19.1. The quantitative estimate of drug-likeness (QED) is 0.436. The molecule has 0 spiro atoms. The van der Waals surface area contributed by atoms with Crippen LogP contribution in [0.15, 0.2) is 66.7 Å². The molecule has 1 aromatic heterocycles. The summed E-state index contributed by atoms with van der Waals surface area (Å²) in [4.78, 5) is 46.6. The number of hydrogen-bond donors (Lipinski definition) is 1. The van der Waals surface area contributed by atoms with Crippen molar-refractivity contribution >= 4 is 50.2 Å². The number of urea groups is 1. The van der Waals surface area contributed by atoms with E-state index in [1.54, 1.807) is 14.0 Å². The van der Waals surface area contributed by atoms with Crippen LogP contribution in [0.4, 0.5) is 4.79 Å². The van der Waals surface area contributed by atoms with Gasteiger partial charge in [0.2, 0.25) is 5.91 Å². The standard InChI is InChI=1S/C26H24N4O3S/c1-16(23-27-20-13-6-7-14-21(20)34-23)29(3)22(31)15-30-24(32)26(2,28-25(30)33)19-12-8-10-17-9-4-5-11-18(17)19/h4-14,16H,15H2,1-3H3,(H,28,33)/t16-,26-/m0/s1. The Hall–Kier alpha value is -3.78. The number of nitrogens with zero attached hydrogens (tertiary/aromatic N) is 3. The first kappa shape index (κ1) is 22.0. The van der Waals surface area contributed by atoms with Gasteiger partial charge in [0.1, 0.15) is 17.1 Å². The number of thiazole rings is 1. The predicted molar refractivity (Wildman–Crippen MR) is 132 cm³/mol. The van der Waals surface area contributed by atoms with Gasteiger partial charge in [-0.25, -0.2) is 9.78 Å². The van der Waals surface area contributed by atoms with Crippen LogP contribution in [0.2, 0.25) is 0 Å². The molecule has 5 rings (SSSR count). The fourth-order valence-corrected chi connectivity index (χ4v) is 5.44. The van der Waals surface area contributed by atoms with Gasteiger partial charge < -0.3 is 10.2 Å². The first-order valence-electron chi connectivity index (χ1n) is 11.0. The van der Waals surface area contributed by atoms with E-state index in [2.05, 4.69) is 10.3 Å². The largest absolute Gasteiger partial charge is 0.335 e. The average molecular weight is 473 g/mol. The molecule has 1 N–H and O–H groups in total. The molecule has 1 aliphatic rings. The molecule has 1 fully saturated rings. The summed E-state index contributed by atoms with van der Waals surface area (Å²) < 4.78 is 1.05. The van der Waals surface area contributed by atoms with Crippen molar-refractivity contribution in [3.05, 3.63) is 77.3 Å². The maximum absolute atomic E-state index is 13.5. The van der Waals surface area contributed by atoms with Crippen molar-refractivity contribution in [2.24, 2.45) is 0 Å². The summed E-state index contributed by atoms with van der Waals surface area (Å²) in [5.41, 5.74) is 0.334. The molecule has 2 atom stereocenters. The molecular weight excluding hydrogens is 448 g/mol. The van der Waals surface area contributed by atoms with Gasteiger partial charge in [0, 0.05) is 7.05 Å². The number of amides is 4. The lowest BCUT2D eigenvalue weighted by molar-refractivity contribution is -0.139. The van der Waals surface area contributed by atoms with E-state index in [9.17, 15) is 14.4 Å². The summed E-state index contributed by atoms with van der Waals surface area (Å²) in [6.45, 7) is 3.24. The SMILES string of the molecule is C[C@@H](c1nc2ccccc2s1)N(C)C(=O)CN1C(=O)N[C@@](C)(c2cccc3ccccc23)C1=O. The summed E-state index contributed by atoms with van der Waals surface area (Å²) in [5, 5.41) is 5.48. The van der Waals surface area contributed by atoms with Crippen LogP contribution in [-0.4, -0.2) is 46.2 Å². The van der Waals surface area contributed by atoms with Crippen LogP contribution in [0, 0.1) is 0 Å². The minimum absolute atomic E-state index is 0.296. The van der Waals surface area contributed by atoms with Gasteiger partial charge in [-0.3, -0.25) is 14.5 Å². The highest BCUT2D eigenvalue weighted by Gasteiger charge is 2.50. The molecule has 4 aromatic rings. The Morgan fingerprint density at radius 3 is 2.59 bits per heavy atom. The van der Waals surface area contributed by atoms with Gasteiger partial charge in [-0.05, 0) is 42.3 Å². The van der Waals surface area contributed by atoms with Gasteiger partial charge >= 0.3 is 6.03 Å². The number of likely N-dealkylation sites (N-methyl/N-ethyl adjacent to an activating group) is 1. The third-order valence-electron chi connectivity index (χ3n) is 6.54. The maximum Gasteiger partial charge on any atom is 0.325 e. The van der Waals surface area contributed by atoms with Gasteiger partial charge in [0.05, 0.1) is 16.3 Å². The number of hydrogen-bond acceptors (Lipinski definition) is 5. The smallest absolute Gasteiger partial charge is 0.325 e. The Morgan fingerprint density at radius 1 is 1.09 bits per heavy atom. The molecule has 0 unspecified atom stereocenters. The number of carbonyl (C=O) groups is 3. The summed E-state index contributed by atoms with van der Waals surface area (Å²) in [5.74, 6) is -0.777. The number of benzene rings is 3. The fourth-order valence-electron chi connectivity index (χ4n) is 4.38. The van der Waals surface area contributed by atoms with Gasteiger partial charge in [0.25, 0.3) is 5.91 Å². The summed E-state index contributed by atoms with van der Waals surface area (Å²) in [7, 11) is 1.67. The minimum Gasteiger partial charge on any atom is -0.335 e. The molecule has 0 aliphatic carbocycles. The van der Waals surface area contributed by atoms with E-state index in [1.165, 1.54) is 16.2 Å². The number of rotatable bonds is 5. The predicted octanol–water partition coefficient (Wildman–Crippen LogP) is 4.44. The van der Waals surface area contributed by atoms with Crippen molar-refractivity contribution in [1.82, 2.24) is 20.1 Å². The fraction of sp³-hybridized carbons (Fsp3) is 0.231. The highest BCUT2D eigenvalue weighted by Crippen LogP contribution is 2.34. The van der Waals surface area contributed by atoms with E-state index >= 15 is 0 Å². The van der Waals surface area contributed by atoms with Crippen LogP contribution in [0.5, 0.6) is 0 Å². The Balaban J connectivity index is 1.37. The van der Waals surface area contributed by atoms with Crippen molar-refractivity contribution in [3.63, 3.8) is 0 Å². The molecule has 0 bridgehead atoms. The summed E-state index contributed by atoms with van der Waals surface area (Å²) in [6.07, 6.45) is 0. The van der Waals surface area contributed by atoms with Gasteiger partial charge in [-0.15, -0.1) is 11.3 Å². The third-order valence-corrected chi connectivity index (χ3v) is 7.75. The van der Waals surface area contributed by atoms with E-state index < -0.39 is 17.5 Å². The van der Waals surface area contributed by atoms with E-state index in [4.69, 9.17) is 0 Å². The van der Waals surface area contributed by atoms with E-state index in [1.807, 2.05) is 73.7 Å². The van der Waals surface area contributed by atoms with Crippen LogP contribution in [0.1, 0.15) is 30.5 Å². The number of nitrogens with one attached hydrogen (secondary N) is 1. The third kappa shape index (κ3) is 3.51. The molecule has 1 saturated heterocycles. The maximum atomic E-state index is 13.5. The number of fused-ring (bicyclic) bond motifs is 2. The Labute approximate surface area is 201 Å². The molecular formula is C26H24N4O3S. The monoisotopic (exact) mass is 472 g/mol. The second-order valence-electron chi connectivity index (χ2n) is 8.67. The summed E-state index contributed by atoms with van der Waals surface area (Å²) >= 11 is 1.53. The lowest BCUT2D eigenvalue weighted by Gasteiger charge is -2.26. The highest BCUT2D eigenvalue weighted by molar-refractivity contribution is 7.18. The van der Waals surface area contributed by atoms with Crippen molar-refractivity contribution in [2.75, 3.05) is 13.6 Å². The normalized spacial score (nSPS) is 19.0. The van der Waals surface area contributed by atoms with Crippen LogP contribution in [0.25, 0.3) is 21.0 Å². The molecule has 0 radical (unpaired) electrons. The van der Waals surface area contributed by atoms with Crippen LogP contribution < -0.4 is 5.32 Å². The second-order valence-corrected chi connectivity index (χ2v) is 9.74. The van der Waals surface area contributed by atoms with E-state index in [-0.39, 0.29) is 18.5 Å². The van der Waals surface area contributed by atoms with Gasteiger partial charge in [0.15, 0.2) is 0 Å². The average Bonchev–Trinajstić information content (AvgIpc) is 3.37. The topological polar surface area (TPSA) is 82.6 Å². The molecule has 34 heavy (non-hydrogen) atoms. The van der Waals surface area contributed by atoms with Gasteiger partial charge in [-0.2, -0.15) is 0 Å². The van der Waals surface area contributed by atoms with Crippen LogP contribution in [-0.2, 0) is 15.1 Å². The van der Waals surface area contributed by atoms with Crippen molar-refractivity contribution in [2.45, 2.75) is 25.4 Å². The Morgan fingerprint density at radius 2 is 1.79 bits per heavy atom. The molecule has 1 aliphatic heterocycles. The molecule has 2 heterocycles. The lowest BCUT2D eigenvalue weighted by atomic mass is 9.88. The molecule has 7 nitrogen and oxygen atoms in total. The molecule has 4 amide bonds. The summed E-state index contributed by atoms with van der Waals surface area (Å²) in [6, 6.07) is 20.3. The van der Waals surface area contributed by atoms with E-state index in [0.29, 0.717) is 5.56 Å². The number of para-hydroxylation sites is 1. The number of aromatic nitrogens is 1. The molecule has 172 valence electrons. The first-order chi connectivity index (χ1) is 16.3. The molecule has 0 saturated carbocycles. The number of carbonyl (C=O) groups excluding carboxylic acids is 3. The van der Waals surface area contributed by atoms with E-state index in [0.717, 1.165) is 30.9 Å². The van der Waals surface area contributed by atoms with Crippen molar-refractivity contribution in [1.29, 1.82) is 0 Å². The second kappa shape index (κ2) is 8.22. The zero-order chi connectivity index (χ0) is 24.0. The Kier molecular flexibility index (Phi) is 5.32. The van der Waals surface area contributed by atoms with Crippen molar-refractivity contribution in [3.8, 4) is 0 Å². The lowest BCUT2D eigenvalue weighted by Crippen LogP contribution is -2.44. The van der Waals surface area contributed by atoms with Crippen LogP contribution in [0.3, 0.4) is 0 Å². The zero-order valence-corrected chi connectivity index (χ0v) is 19.9. The van der Waals surface area contributed by atoms with Crippen molar-refractivity contribution < 1.29 is 14.4 Å². The minimum atomic E-state index is -1.25. The first-order valence-corrected chi connectivity index (χ1v) is 11.8. The highest BCUT2D eigenvalue weighted by atomic mass is 32.1. The van der Waals surface area contributed by atoms with Gasteiger partial charge in [-0.1, -0.05) is 54.6 Å². The Bertz CT molecular complexity index is 1410. The molecule has 8 heteroatoms. The molecule has 3 aromatic carbocycles. The van der Waals surface area contributed by atoms with Crippen LogP contribution >= 0.6 is 11.3 Å². The number of imide groups is 1.